The van der Waals surface area contributed by atoms with Gasteiger partial charge in [-0.1, -0.05) is 0 Å². The molecule has 5 nitrogen and oxygen atoms in total. The zero-order valence-corrected chi connectivity index (χ0v) is 10.9. The largest absolute Gasteiger partial charge is 0.506 e. The van der Waals surface area contributed by atoms with Gasteiger partial charge < -0.3 is 15.2 Å². The Bertz CT molecular complexity index is 378. The lowest BCUT2D eigenvalue weighted by Gasteiger charge is -2.26. The van der Waals surface area contributed by atoms with Crippen LogP contribution in [0, 0.1) is 6.92 Å². The van der Waals surface area contributed by atoms with Gasteiger partial charge in [0.15, 0.2) is 0 Å². The molecular weight excluding hydrogens is 230 g/mol. The van der Waals surface area contributed by atoms with Crippen molar-refractivity contribution < 1.29 is 9.84 Å². The highest BCUT2D eigenvalue weighted by atomic mass is 16.5. The van der Waals surface area contributed by atoms with E-state index in [2.05, 4.69) is 15.2 Å². The molecular formula is C13H21N3O2. The highest BCUT2D eigenvalue weighted by Gasteiger charge is 2.09. The monoisotopic (exact) mass is 251 g/mol. The highest BCUT2D eigenvalue weighted by molar-refractivity contribution is 5.27. The van der Waals surface area contributed by atoms with Gasteiger partial charge in [0.2, 0.25) is 0 Å². The molecule has 0 saturated carbocycles. The molecule has 100 valence electrons. The average Bonchev–Trinajstić information content (AvgIpc) is 2.40. The van der Waals surface area contributed by atoms with Gasteiger partial charge in [-0.05, 0) is 19.1 Å². The second kappa shape index (κ2) is 6.68. The van der Waals surface area contributed by atoms with Gasteiger partial charge in [-0.15, -0.1) is 0 Å². The topological polar surface area (TPSA) is 57.6 Å². The van der Waals surface area contributed by atoms with E-state index in [4.69, 9.17) is 4.74 Å². The Kier molecular flexibility index (Phi) is 4.92. The predicted octanol–water partition coefficient (Wildman–Crippen LogP) is 0.517. The molecule has 1 saturated heterocycles. The van der Waals surface area contributed by atoms with E-state index >= 15 is 0 Å². The van der Waals surface area contributed by atoms with Crippen LogP contribution in [0.4, 0.5) is 0 Å². The third-order valence-corrected chi connectivity index (χ3v) is 3.09. The molecule has 0 amide bonds. The predicted molar refractivity (Wildman–Crippen MR) is 69.6 cm³/mol. The van der Waals surface area contributed by atoms with Crippen molar-refractivity contribution in [1.82, 2.24) is 15.2 Å². The lowest BCUT2D eigenvalue weighted by molar-refractivity contribution is 0.0384. The summed E-state index contributed by atoms with van der Waals surface area (Å²) < 4.78 is 5.30. The van der Waals surface area contributed by atoms with Crippen LogP contribution in [0.25, 0.3) is 0 Å². The average molecular weight is 251 g/mol. The van der Waals surface area contributed by atoms with Gasteiger partial charge in [-0.3, -0.25) is 9.88 Å². The Morgan fingerprint density at radius 1 is 1.39 bits per heavy atom. The second-order valence-corrected chi connectivity index (χ2v) is 4.55. The molecule has 18 heavy (non-hydrogen) atoms. The first-order chi connectivity index (χ1) is 8.75. The first-order valence-corrected chi connectivity index (χ1v) is 6.42. The molecule has 1 fully saturated rings. The number of aromatic hydroxyl groups is 1. The van der Waals surface area contributed by atoms with E-state index in [1.165, 1.54) is 0 Å². The van der Waals surface area contributed by atoms with Crippen LogP contribution in [-0.4, -0.2) is 54.4 Å². The summed E-state index contributed by atoms with van der Waals surface area (Å²) in [6.07, 6.45) is 0. The Labute approximate surface area is 108 Å². The van der Waals surface area contributed by atoms with Crippen LogP contribution in [0.15, 0.2) is 12.1 Å². The Balaban J connectivity index is 1.69. The summed E-state index contributed by atoms with van der Waals surface area (Å²) in [5.41, 5.74) is 1.65. The smallest absolute Gasteiger partial charge is 0.138 e. The van der Waals surface area contributed by atoms with Crippen LogP contribution in [0.1, 0.15) is 11.4 Å². The fraction of sp³-hybridized carbons (Fsp3) is 0.615. The van der Waals surface area contributed by atoms with Crippen molar-refractivity contribution in [3.05, 3.63) is 23.5 Å². The van der Waals surface area contributed by atoms with Crippen molar-refractivity contribution >= 4 is 0 Å². The van der Waals surface area contributed by atoms with Crippen molar-refractivity contribution in [1.29, 1.82) is 0 Å². The van der Waals surface area contributed by atoms with Gasteiger partial charge >= 0.3 is 0 Å². The molecule has 0 radical (unpaired) electrons. The Morgan fingerprint density at radius 2 is 2.17 bits per heavy atom. The maximum atomic E-state index is 9.65. The molecule has 0 spiro atoms. The van der Waals surface area contributed by atoms with E-state index < -0.39 is 0 Å². The fourth-order valence-electron chi connectivity index (χ4n) is 2.00. The fourth-order valence-corrected chi connectivity index (χ4v) is 2.00. The molecule has 1 aromatic rings. The van der Waals surface area contributed by atoms with Gasteiger partial charge in [0.05, 0.1) is 18.9 Å². The number of nitrogens with zero attached hydrogens (tertiary/aromatic N) is 2. The molecule has 0 aromatic carbocycles. The minimum Gasteiger partial charge on any atom is -0.506 e. The summed E-state index contributed by atoms with van der Waals surface area (Å²) in [6.45, 7) is 8.13. The van der Waals surface area contributed by atoms with E-state index in [1.54, 1.807) is 6.07 Å². The Hall–Kier alpha value is -1.17. The van der Waals surface area contributed by atoms with Crippen LogP contribution in [-0.2, 0) is 11.3 Å². The summed E-state index contributed by atoms with van der Waals surface area (Å²) in [5, 5.41) is 13.0. The third-order valence-electron chi connectivity index (χ3n) is 3.09. The summed E-state index contributed by atoms with van der Waals surface area (Å²) in [6, 6.07) is 3.51. The van der Waals surface area contributed by atoms with Crippen molar-refractivity contribution in [2.24, 2.45) is 0 Å². The first-order valence-electron chi connectivity index (χ1n) is 6.42. The normalized spacial score (nSPS) is 16.9. The number of rotatable bonds is 5. The molecule has 0 unspecified atom stereocenters. The number of morpholine rings is 1. The minimum absolute atomic E-state index is 0.263. The molecule has 0 atom stereocenters. The van der Waals surface area contributed by atoms with Gasteiger partial charge in [-0.25, -0.2) is 0 Å². The SMILES string of the molecule is Cc1ccc(O)c(CNCCN2CCOCC2)n1. The number of hydrogen-bond donors (Lipinski definition) is 2. The lowest BCUT2D eigenvalue weighted by Crippen LogP contribution is -2.40. The number of nitrogens with one attached hydrogen (secondary N) is 1. The molecule has 1 aliphatic heterocycles. The molecule has 2 heterocycles. The van der Waals surface area contributed by atoms with E-state index in [0.717, 1.165) is 50.8 Å². The van der Waals surface area contributed by atoms with Crippen molar-refractivity contribution in [3.63, 3.8) is 0 Å². The molecule has 0 bridgehead atoms. The number of aryl methyl sites for hydroxylation is 1. The van der Waals surface area contributed by atoms with E-state index in [0.29, 0.717) is 6.54 Å². The van der Waals surface area contributed by atoms with E-state index in [9.17, 15) is 5.11 Å². The molecule has 1 aliphatic rings. The molecule has 1 aromatic heterocycles. The van der Waals surface area contributed by atoms with Crippen LogP contribution < -0.4 is 5.32 Å². The van der Waals surface area contributed by atoms with Crippen LogP contribution in [0.2, 0.25) is 0 Å². The highest BCUT2D eigenvalue weighted by Crippen LogP contribution is 2.13. The van der Waals surface area contributed by atoms with Crippen LogP contribution >= 0.6 is 0 Å². The Morgan fingerprint density at radius 3 is 2.94 bits per heavy atom. The van der Waals surface area contributed by atoms with Gasteiger partial charge in [0.25, 0.3) is 0 Å². The molecule has 5 heteroatoms. The summed E-state index contributed by atoms with van der Waals surface area (Å²) in [4.78, 5) is 6.69. The maximum Gasteiger partial charge on any atom is 0.138 e. The van der Waals surface area contributed by atoms with Crippen LogP contribution in [0.3, 0.4) is 0 Å². The number of hydrogen-bond acceptors (Lipinski definition) is 5. The third kappa shape index (κ3) is 3.94. The van der Waals surface area contributed by atoms with E-state index in [-0.39, 0.29) is 5.75 Å². The minimum atomic E-state index is 0.263. The first kappa shape index (κ1) is 13.3. The number of aromatic nitrogens is 1. The van der Waals surface area contributed by atoms with Gasteiger partial charge in [-0.2, -0.15) is 0 Å². The number of ether oxygens (including phenoxy) is 1. The maximum absolute atomic E-state index is 9.65. The van der Waals surface area contributed by atoms with Crippen molar-refractivity contribution in [2.45, 2.75) is 13.5 Å². The van der Waals surface area contributed by atoms with Crippen LogP contribution in [0.5, 0.6) is 5.75 Å². The number of pyridine rings is 1. The standard InChI is InChI=1S/C13H21N3O2/c1-11-2-3-13(17)12(15-11)10-14-4-5-16-6-8-18-9-7-16/h2-3,14,17H,4-10H2,1H3. The van der Waals surface area contributed by atoms with Crippen molar-refractivity contribution in [2.75, 3.05) is 39.4 Å². The zero-order valence-electron chi connectivity index (χ0n) is 10.9. The van der Waals surface area contributed by atoms with E-state index in [1.807, 2.05) is 13.0 Å². The summed E-state index contributed by atoms with van der Waals surface area (Å²) in [7, 11) is 0. The molecule has 0 aliphatic carbocycles. The summed E-state index contributed by atoms with van der Waals surface area (Å²) >= 11 is 0. The van der Waals surface area contributed by atoms with Gasteiger partial charge in [0, 0.05) is 38.4 Å². The summed E-state index contributed by atoms with van der Waals surface area (Å²) in [5.74, 6) is 0.263. The molecule has 2 rings (SSSR count). The molecule has 2 N–H and O–H groups in total. The van der Waals surface area contributed by atoms with Crippen molar-refractivity contribution in [3.8, 4) is 5.75 Å². The zero-order chi connectivity index (χ0) is 12.8. The quantitative estimate of drug-likeness (QED) is 0.747. The second-order valence-electron chi connectivity index (χ2n) is 4.55. The van der Waals surface area contributed by atoms with Gasteiger partial charge in [0.1, 0.15) is 5.75 Å². The lowest BCUT2D eigenvalue weighted by atomic mass is 10.3.